The molecule has 17 heavy (non-hydrogen) atoms. The minimum atomic E-state index is -0.906. The highest BCUT2D eigenvalue weighted by Gasteiger charge is 2.29. The molecule has 0 fully saturated rings. The molecule has 0 amide bonds. The lowest BCUT2D eigenvalue weighted by atomic mass is 10.3. The molecule has 0 saturated heterocycles. The van der Waals surface area contributed by atoms with Crippen molar-refractivity contribution in [3.05, 3.63) is 0 Å². The Kier molecular flexibility index (Phi) is 8.07. The third kappa shape index (κ3) is 7.27. The summed E-state index contributed by atoms with van der Waals surface area (Å²) in [5.74, 6) is -0.906. The van der Waals surface area contributed by atoms with Crippen LogP contribution in [0.4, 0.5) is 0 Å². The maximum Gasteiger partial charge on any atom is 0.359 e. The van der Waals surface area contributed by atoms with Crippen LogP contribution < -0.4 is 5.32 Å². The number of hydrogen-bond donors (Lipinski definition) is 4. The largest absolute Gasteiger partial charge is 0.477 e. The summed E-state index contributed by atoms with van der Waals surface area (Å²) in [6, 6.07) is 0.338. The fourth-order valence-corrected chi connectivity index (χ4v) is 1.87. The Hall–Kier alpha value is -0.690. The van der Waals surface area contributed by atoms with Crippen molar-refractivity contribution >= 4 is 5.97 Å². The summed E-state index contributed by atoms with van der Waals surface area (Å²) in [5, 5.41) is 30.2. The van der Waals surface area contributed by atoms with Crippen LogP contribution in [0.5, 0.6) is 0 Å². The SMILES string of the molecule is CC(C)NCC[N+](CCO)(CCO)CC(=O)O. The molecule has 0 aliphatic carbocycles. The Bertz CT molecular complexity index is 216. The number of carboxylic acid groups (broad SMARTS) is 1. The van der Waals surface area contributed by atoms with Crippen LogP contribution in [-0.4, -0.2) is 77.8 Å². The summed E-state index contributed by atoms with van der Waals surface area (Å²) in [5.41, 5.74) is 0. The highest BCUT2D eigenvalue weighted by Crippen LogP contribution is 2.05. The van der Waals surface area contributed by atoms with Gasteiger partial charge >= 0.3 is 5.97 Å². The second kappa shape index (κ2) is 8.41. The molecule has 6 heteroatoms. The molecule has 6 nitrogen and oxygen atoms in total. The zero-order chi connectivity index (χ0) is 13.3. The van der Waals surface area contributed by atoms with E-state index in [1.54, 1.807) is 0 Å². The predicted octanol–water partition coefficient (Wildman–Crippen LogP) is -1.13. The van der Waals surface area contributed by atoms with Crippen LogP contribution in [0, 0.1) is 0 Å². The van der Waals surface area contributed by atoms with E-state index in [1.807, 2.05) is 13.8 Å². The maximum atomic E-state index is 10.9. The highest BCUT2D eigenvalue weighted by molar-refractivity contribution is 5.67. The standard InChI is InChI=1S/C11H24N2O4/c1-10(2)12-3-4-13(5-7-14,6-8-15)9-11(16)17/h10,12,14-15H,3-9H2,1-2H3/p+1. The number of nitrogens with one attached hydrogen (secondary N) is 1. The van der Waals surface area contributed by atoms with Crippen molar-refractivity contribution in [1.29, 1.82) is 0 Å². The van der Waals surface area contributed by atoms with E-state index in [0.717, 1.165) is 0 Å². The summed E-state index contributed by atoms with van der Waals surface area (Å²) in [7, 11) is 0. The van der Waals surface area contributed by atoms with Crippen LogP contribution in [0.1, 0.15) is 13.8 Å². The topological polar surface area (TPSA) is 89.8 Å². The first-order valence-corrected chi connectivity index (χ1v) is 5.98. The first-order chi connectivity index (χ1) is 7.95. The molecule has 0 aliphatic rings. The van der Waals surface area contributed by atoms with Gasteiger partial charge < -0.3 is 25.1 Å². The Morgan fingerprint density at radius 1 is 1.18 bits per heavy atom. The van der Waals surface area contributed by atoms with Gasteiger partial charge in [0.1, 0.15) is 13.1 Å². The van der Waals surface area contributed by atoms with Gasteiger partial charge in [-0.2, -0.15) is 0 Å². The predicted molar refractivity (Wildman–Crippen MR) is 64.7 cm³/mol. The number of aliphatic hydroxyl groups excluding tert-OH is 2. The minimum Gasteiger partial charge on any atom is -0.477 e. The van der Waals surface area contributed by atoms with Crippen LogP contribution in [0.15, 0.2) is 0 Å². The van der Waals surface area contributed by atoms with E-state index in [2.05, 4.69) is 5.32 Å². The smallest absolute Gasteiger partial charge is 0.359 e. The van der Waals surface area contributed by atoms with Gasteiger partial charge in [-0.3, -0.25) is 0 Å². The number of aliphatic carboxylic acids is 1. The van der Waals surface area contributed by atoms with E-state index < -0.39 is 5.97 Å². The van der Waals surface area contributed by atoms with E-state index in [4.69, 9.17) is 15.3 Å². The fourth-order valence-electron chi connectivity index (χ4n) is 1.87. The Balaban J connectivity index is 4.46. The number of hydrogen-bond acceptors (Lipinski definition) is 4. The third-order valence-corrected chi connectivity index (χ3v) is 2.76. The van der Waals surface area contributed by atoms with Crippen molar-refractivity contribution in [2.75, 3.05) is 45.9 Å². The molecule has 0 spiro atoms. The number of rotatable bonds is 10. The number of nitrogens with zero attached hydrogens (tertiary/aromatic N) is 1. The van der Waals surface area contributed by atoms with Crippen LogP contribution in [0.2, 0.25) is 0 Å². The average molecular weight is 249 g/mol. The number of aliphatic hydroxyl groups is 2. The van der Waals surface area contributed by atoms with Crippen molar-refractivity contribution in [3.8, 4) is 0 Å². The molecule has 102 valence electrons. The Morgan fingerprint density at radius 2 is 1.71 bits per heavy atom. The lowest BCUT2D eigenvalue weighted by molar-refractivity contribution is -0.920. The average Bonchev–Trinajstić information content (AvgIpc) is 2.16. The fraction of sp³-hybridized carbons (Fsp3) is 0.909. The van der Waals surface area contributed by atoms with Crippen molar-refractivity contribution < 1.29 is 24.6 Å². The second-order valence-corrected chi connectivity index (χ2v) is 4.62. The molecule has 0 unspecified atom stereocenters. The molecule has 0 aromatic heterocycles. The van der Waals surface area contributed by atoms with Gasteiger partial charge in [0.25, 0.3) is 0 Å². The van der Waals surface area contributed by atoms with Crippen LogP contribution in [-0.2, 0) is 4.79 Å². The molecule has 0 atom stereocenters. The van der Waals surface area contributed by atoms with Gasteiger partial charge in [0.2, 0.25) is 0 Å². The molecule has 4 N–H and O–H groups in total. The van der Waals surface area contributed by atoms with Crippen LogP contribution in [0.3, 0.4) is 0 Å². The maximum absolute atomic E-state index is 10.9. The van der Waals surface area contributed by atoms with Crippen LogP contribution >= 0.6 is 0 Å². The molecule has 0 heterocycles. The molecule has 0 saturated carbocycles. The van der Waals surface area contributed by atoms with Crippen molar-refractivity contribution in [1.82, 2.24) is 5.32 Å². The van der Waals surface area contributed by atoms with Gasteiger partial charge in [-0.05, 0) is 0 Å². The number of carbonyl (C=O) groups is 1. The van der Waals surface area contributed by atoms with E-state index in [-0.39, 0.29) is 24.2 Å². The normalized spacial score (nSPS) is 12.1. The van der Waals surface area contributed by atoms with Crippen molar-refractivity contribution in [2.24, 2.45) is 0 Å². The quantitative estimate of drug-likeness (QED) is 0.368. The lowest BCUT2D eigenvalue weighted by Gasteiger charge is -2.36. The number of quaternary nitrogens is 1. The second-order valence-electron chi connectivity index (χ2n) is 4.62. The Morgan fingerprint density at radius 3 is 2.06 bits per heavy atom. The minimum absolute atomic E-state index is 0.0686. The first-order valence-electron chi connectivity index (χ1n) is 5.98. The Labute approximate surface area is 102 Å². The van der Waals surface area contributed by atoms with E-state index in [1.165, 1.54) is 0 Å². The lowest BCUT2D eigenvalue weighted by Crippen LogP contribution is -2.57. The summed E-state index contributed by atoms with van der Waals surface area (Å²) < 4.78 is 0.210. The summed E-state index contributed by atoms with van der Waals surface area (Å²) in [4.78, 5) is 10.9. The van der Waals surface area contributed by atoms with Gasteiger partial charge in [-0.15, -0.1) is 0 Å². The molecule has 0 aromatic rings. The summed E-state index contributed by atoms with van der Waals surface area (Å²) >= 11 is 0. The summed E-state index contributed by atoms with van der Waals surface area (Å²) in [6.07, 6.45) is 0. The molecule has 0 rings (SSSR count). The van der Waals surface area contributed by atoms with E-state index >= 15 is 0 Å². The molecule has 0 aromatic carbocycles. The first kappa shape index (κ1) is 16.3. The van der Waals surface area contributed by atoms with E-state index in [0.29, 0.717) is 32.2 Å². The van der Waals surface area contributed by atoms with Gasteiger partial charge in [0, 0.05) is 12.6 Å². The zero-order valence-electron chi connectivity index (χ0n) is 10.7. The van der Waals surface area contributed by atoms with Gasteiger partial charge in [0.05, 0.1) is 19.8 Å². The van der Waals surface area contributed by atoms with Crippen molar-refractivity contribution in [3.63, 3.8) is 0 Å². The molecular weight excluding hydrogens is 224 g/mol. The number of carboxylic acids is 1. The van der Waals surface area contributed by atoms with Gasteiger partial charge in [-0.1, -0.05) is 13.8 Å². The van der Waals surface area contributed by atoms with Crippen molar-refractivity contribution in [2.45, 2.75) is 19.9 Å². The highest BCUT2D eigenvalue weighted by atomic mass is 16.4. The monoisotopic (exact) mass is 249 g/mol. The molecular formula is C11H25N2O4+. The van der Waals surface area contributed by atoms with E-state index in [9.17, 15) is 4.79 Å². The van der Waals surface area contributed by atoms with Crippen LogP contribution in [0.25, 0.3) is 0 Å². The third-order valence-electron chi connectivity index (χ3n) is 2.76. The molecule has 0 radical (unpaired) electrons. The van der Waals surface area contributed by atoms with Gasteiger partial charge in [-0.25, -0.2) is 4.79 Å². The molecule has 0 bridgehead atoms. The molecule has 0 aliphatic heterocycles. The van der Waals surface area contributed by atoms with Gasteiger partial charge in [0.15, 0.2) is 6.54 Å². The summed E-state index contributed by atoms with van der Waals surface area (Å²) in [6.45, 7) is 5.79. The zero-order valence-corrected chi connectivity index (χ0v) is 10.7.